The van der Waals surface area contributed by atoms with Gasteiger partial charge in [0, 0.05) is 12.0 Å². The van der Waals surface area contributed by atoms with E-state index in [4.69, 9.17) is 4.98 Å². The van der Waals surface area contributed by atoms with Crippen LogP contribution in [0.3, 0.4) is 0 Å². The van der Waals surface area contributed by atoms with Crippen LogP contribution in [0, 0.1) is 6.92 Å². The Morgan fingerprint density at radius 3 is 2.69 bits per heavy atom. The first-order chi connectivity index (χ1) is 15.5. The first-order valence-electron chi connectivity index (χ1n) is 10.1. The molecule has 0 aliphatic carbocycles. The number of nitrogens with one attached hydrogen (secondary N) is 1. The highest BCUT2D eigenvalue weighted by molar-refractivity contribution is 7.14. The van der Waals surface area contributed by atoms with E-state index in [2.05, 4.69) is 55.9 Å². The van der Waals surface area contributed by atoms with Crippen LogP contribution in [-0.2, 0) is 13.0 Å². The number of carbonyl (C=O) groups is 1. The van der Waals surface area contributed by atoms with Crippen molar-refractivity contribution in [1.29, 1.82) is 0 Å². The fraction of sp³-hybridized carbons (Fsp3) is 0.182. The molecule has 10 heteroatoms. The summed E-state index contributed by atoms with van der Waals surface area (Å²) in [4.78, 5) is 21.6. The molecule has 4 heterocycles. The van der Waals surface area contributed by atoms with Crippen molar-refractivity contribution in [2.45, 2.75) is 26.8 Å². The summed E-state index contributed by atoms with van der Waals surface area (Å²) >= 11 is 1.58. The van der Waals surface area contributed by atoms with E-state index in [1.54, 1.807) is 17.4 Å². The van der Waals surface area contributed by atoms with E-state index in [1.165, 1.54) is 0 Å². The molecule has 2 N–H and O–H groups in total. The number of H-pyrrole nitrogens is 1. The number of nitrogens with zero attached hydrogens (tertiary/aromatic N) is 6. The fourth-order valence-electron chi connectivity index (χ4n) is 3.78. The second kappa shape index (κ2) is 7.97. The van der Waals surface area contributed by atoms with Crippen LogP contribution in [0.1, 0.15) is 34.4 Å². The topological polar surface area (TPSA) is 122 Å². The van der Waals surface area contributed by atoms with Gasteiger partial charge in [-0.3, -0.25) is 0 Å². The van der Waals surface area contributed by atoms with Crippen LogP contribution in [-0.4, -0.2) is 46.2 Å². The Labute approximate surface area is 186 Å². The molecular weight excluding hydrogens is 426 g/mol. The summed E-state index contributed by atoms with van der Waals surface area (Å²) in [7, 11) is 0. The number of hydrogen-bond acceptors (Lipinski definition) is 7. The zero-order valence-corrected chi connectivity index (χ0v) is 18.2. The lowest BCUT2D eigenvalue weighted by Gasteiger charge is -2.09. The molecule has 0 amide bonds. The predicted molar refractivity (Wildman–Crippen MR) is 121 cm³/mol. The molecule has 0 spiro atoms. The Bertz CT molecular complexity index is 1420. The van der Waals surface area contributed by atoms with Crippen molar-refractivity contribution in [2.75, 3.05) is 0 Å². The molecule has 1 aromatic carbocycles. The predicted octanol–water partition coefficient (Wildman–Crippen LogP) is 3.96. The number of imidazole rings is 1. The molecule has 160 valence electrons. The van der Waals surface area contributed by atoms with Crippen molar-refractivity contribution in [3.8, 4) is 21.8 Å². The standard InChI is InChI=1S/C22H19N7O2S/c1-3-17-24-18-12(2)10-16(22(30)31)23-21(18)29(17)11-13-4-6-14(7-5-13)15-8-9-32-19(15)20-25-27-28-26-20/h4-10H,3,11H2,1-2H3,(H,30,31)(H,25,26,27,28). The minimum Gasteiger partial charge on any atom is -0.477 e. The normalized spacial score (nSPS) is 11.3. The van der Waals surface area contributed by atoms with Crippen LogP contribution in [0.25, 0.3) is 33.0 Å². The maximum absolute atomic E-state index is 11.5. The van der Waals surface area contributed by atoms with Gasteiger partial charge in [-0.2, -0.15) is 0 Å². The number of hydrogen-bond donors (Lipinski definition) is 2. The van der Waals surface area contributed by atoms with E-state index < -0.39 is 5.97 Å². The highest BCUT2D eigenvalue weighted by Crippen LogP contribution is 2.34. The Morgan fingerprint density at radius 2 is 2.00 bits per heavy atom. The van der Waals surface area contributed by atoms with E-state index in [0.29, 0.717) is 18.0 Å². The zero-order chi connectivity index (χ0) is 22.2. The second-order valence-corrected chi connectivity index (χ2v) is 8.30. The number of pyridine rings is 1. The van der Waals surface area contributed by atoms with Crippen molar-refractivity contribution in [2.24, 2.45) is 0 Å². The van der Waals surface area contributed by atoms with Crippen LogP contribution >= 0.6 is 11.3 Å². The number of fused-ring (bicyclic) bond motifs is 1. The number of rotatable bonds is 6. The van der Waals surface area contributed by atoms with Crippen molar-refractivity contribution >= 4 is 28.5 Å². The van der Waals surface area contributed by atoms with Crippen LogP contribution in [0.4, 0.5) is 0 Å². The van der Waals surface area contributed by atoms with Gasteiger partial charge in [-0.1, -0.05) is 31.2 Å². The van der Waals surface area contributed by atoms with Crippen molar-refractivity contribution in [3.63, 3.8) is 0 Å². The molecule has 0 unspecified atom stereocenters. The lowest BCUT2D eigenvalue weighted by molar-refractivity contribution is 0.0690. The Morgan fingerprint density at radius 1 is 1.19 bits per heavy atom. The molecule has 5 rings (SSSR count). The smallest absolute Gasteiger partial charge is 0.354 e. The van der Waals surface area contributed by atoms with Gasteiger partial charge in [0.2, 0.25) is 0 Å². The molecule has 0 saturated carbocycles. The number of benzene rings is 1. The summed E-state index contributed by atoms with van der Waals surface area (Å²) in [5.74, 6) is 0.478. The van der Waals surface area contributed by atoms with E-state index in [0.717, 1.165) is 44.9 Å². The Balaban J connectivity index is 1.50. The quantitative estimate of drug-likeness (QED) is 0.406. The number of carboxylic acid groups (broad SMARTS) is 1. The van der Waals surface area contributed by atoms with E-state index in [1.807, 2.05) is 23.8 Å². The molecular formula is C22H19N7O2S. The molecule has 0 saturated heterocycles. The highest BCUT2D eigenvalue weighted by Gasteiger charge is 2.17. The second-order valence-electron chi connectivity index (χ2n) is 7.38. The minimum atomic E-state index is -1.04. The number of aromatic nitrogens is 7. The van der Waals surface area contributed by atoms with Crippen LogP contribution in [0.15, 0.2) is 41.8 Å². The largest absolute Gasteiger partial charge is 0.477 e. The van der Waals surface area contributed by atoms with E-state index in [-0.39, 0.29) is 5.69 Å². The number of carboxylic acids is 1. The van der Waals surface area contributed by atoms with Gasteiger partial charge in [-0.15, -0.1) is 16.4 Å². The average molecular weight is 446 g/mol. The van der Waals surface area contributed by atoms with Crippen LogP contribution in [0.2, 0.25) is 0 Å². The van der Waals surface area contributed by atoms with Gasteiger partial charge >= 0.3 is 5.97 Å². The maximum Gasteiger partial charge on any atom is 0.354 e. The van der Waals surface area contributed by atoms with E-state index >= 15 is 0 Å². The van der Waals surface area contributed by atoms with Crippen molar-refractivity contribution < 1.29 is 9.90 Å². The van der Waals surface area contributed by atoms with Gasteiger partial charge in [0.25, 0.3) is 0 Å². The fourth-order valence-corrected chi connectivity index (χ4v) is 4.63. The van der Waals surface area contributed by atoms with Gasteiger partial charge in [-0.05, 0) is 51.6 Å². The minimum absolute atomic E-state index is 0.0287. The van der Waals surface area contributed by atoms with Crippen molar-refractivity contribution in [1.82, 2.24) is 35.2 Å². The molecule has 32 heavy (non-hydrogen) atoms. The molecule has 9 nitrogen and oxygen atoms in total. The summed E-state index contributed by atoms with van der Waals surface area (Å²) in [5.41, 5.74) is 5.37. The average Bonchev–Trinajstić information content (AvgIpc) is 3.54. The highest BCUT2D eigenvalue weighted by atomic mass is 32.1. The first-order valence-corrected chi connectivity index (χ1v) is 10.9. The summed E-state index contributed by atoms with van der Waals surface area (Å²) in [6.45, 7) is 4.45. The van der Waals surface area contributed by atoms with Gasteiger partial charge in [0.15, 0.2) is 17.2 Å². The summed E-state index contributed by atoms with van der Waals surface area (Å²) in [5, 5.41) is 25.6. The Kier molecular flexibility index (Phi) is 4.98. The monoisotopic (exact) mass is 445 g/mol. The van der Waals surface area contributed by atoms with Crippen LogP contribution < -0.4 is 0 Å². The van der Waals surface area contributed by atoms with Gasteiger partial charge < -0.3 is 9.67 Å². The van der Waals surface area contributed by atoms with Gasteiger partial charge in [0.05, 0.1) is 11.4 Å². The number of tetrazole rings is 1. The number of aromatic amines is 1. The molecule has 4 aromatic heterocycles. The third-order valence-corrected chi connectivity index (χ3v) is 6.26. The summed E-state index contributed by atoms with van der Waals surface area (Å²) < 4.78 is 2.00. The molecule has 0 radical (unpaired) electrons. The van der Waals surface area contributed by atoms with E-state index in [9.17, 15) is 9.90 Å². The SMILES string of the molecule is CCc1nc2c(C)cc(C(=O)O)nc2n1Cc1ccc(-c2ccsc2-c2nnn[nH]2)cc1. The Hall–Kier alpha value is -3.92. The number of aryl methyl sites for hydroxylation is 2. The third kappa shape index (κ3) is 3.44. The molecule has 0 aliphatic rings. The lowest BCUT2D eigenvalue weighted by Crippen LogP contribution is -2.07. The molecule has 0 fully saturated rings. The molecule has 5 aromatic rings. The molecule has 0 bridgehead atoms. The number of thiophene rings is 1. The van der Waals surface area contributed by atoms with Crippen LogP contribution in [0.5, 0.6) is 0 Å². The molecule has 0 atom stereocenters. The summed E-state index contributed by atoms with van der Waals surface area (Å²) in [6.07, 6.45) is 0.722. The number of aromatic carboxylic acids is 1. The van der Waals surface area contributed by atoms with Gasteiger partial charge in [0.1, 0.15) is 11.3 Å². The maximum atomic E-state index is 11.5. The third-order valence-electron chi connectivity index (χ3n) is 5.34. The zero-order valence-electron chi connectivity index (χ0n) is 17.4. The van der Waals surface area contributed by atoms with Gasteiger partial charge in [-0.25, -0.2) is 19.9 Å². The van der Waals surface area contributed by atoms with Crippen molar-refractivity contribution in [3.05, 3.63) is 64.4 Å². The first kappa shape index (κ1) is 20.0. The summed E-state index contributed by atoms with van der Waals surface area (Å²) in [6, 6.07) is 11.9. The lowest BCUT2D eigenvalue weighted by atomic mass is 10.0. The molecule has 0 aliphatic heterocycles.